The Morgan fingerprint density at radius 2 is 2.31 bits per heavy atom. The Morgan fingerprint density at radius 3 is 3.00 bits per heavy atom. The standard InChI is InChI=1S/C7H7N6/c1-5-6(2-3-9-12-5)11-7-8-4-10-13-7/h2-4H,1H3,(H,9,11,13). The highest BCUT2D eigenvalue weighted by Crippen LogP contribution is 2.08. The molecule has 1 aliphatic rings. The third-order valence-corrected chi connectivity index (χ3v) is 1.54. The van der Waals surface area contributed by atoms with Crippen molar-refractivity contribution in [1.29, 1.82) is 0 Å². The van der Waals surface area contributed by atoms with Crippen LogP contribution in [0.4, 0.5) is 5.69 Å². The number of hydrogen-bond acceptors (Lipinski definition) is 5. The molecule has 1 aromatic rings. The van der Waals surface area contributed by atoms with Gasteiger partial charge in [0.05, 0.1) is 17.6 Å². The molecule has 0 saturated carbocycles. The highest BCUT2D eigenvalue weighted by molar-refractivity contribution is 6.01. The van der Waals surface area contributed by atoms with E-state index in [-0.39, 0.29) is 0 Å². The maximum Gasteiger partial charge on any atom is 0.248 e. The van der Waals surface area contributed by atoms with Crippen molar-refractivity contribution < 1.29 is 0 Å². The van der Waals surface area contributed by atoms with E-state index in [2.05, 4.69) is 31.0 Å². The summed E-state index contributed by atoms with van der Waals surface area (Å²) in [5.74, 6) is 0.469. The van der Waals surface area contributed by atoms with Crippen molar-refractivity contribution >= 4 is 18.0 Å². The van der Waals surface area contributed by atoms with Crippen molar-refractivity contribution in [3.05, 3.63) is 18.0 Å². The number of rotatable bonds is 1. The Hall–Kier alpha value is -1.98. The molecule has 0 atom stereocenters. The smallest absolute Gasteiger partial charge is 0.248 e. The molecule has 0 aliphatic carbocycles. The molecule has 13 heavy (non-hydrogen) atoms. The predicted molar refractivity (Wildman–Crippen MR) is 48.5 cm³/mol. The lowest BCUT2D eigenvalue weighted by Crippen LogP contribution is -2.20. The number of aromatic nitrogens is 2. The first kappa shape index (κ1) is 7.66. The van der Waals surface area contributed by atoms with Gasteiger partial charge in [0.2, 0.25) is 5.96 Å². The molecule has 0 aromatic carbocycles. The van der Waals surface area contributed by atoms with Gasteiger partial charge in [-0.1, -0.05) is 0 Å². The Kier molecular flexibility index (Phi) is 1.87. The Balaban J connectivity index is 2.14. The summed E-state index contributed by atoms with van der Waals surface area (Å²) >= 11 is 0. The lowest BCUT2D eigenvalue weighted by Gasteiger charge is -2.04. The monoisotopic (exact) mass is 175 g/mol. The molecular weight excluding hydrogens is 168 g/mol. The van der Waals surface area contributed by atoms with Crippen molar-refractivity contribution in [2.75, 3.05) is 5.32 Å². The topological polar surface area (TPSA) is 76.6 Å². The molecule has 1 N–H and O–H groups in total. The highest BCUT2D eigenvalue weighted by Gasteiger charge is 2.05. The van der Waals surface area contributed by atoms with Gasteiger partial charge in [-0.3, -0.25) is 0 Å². The molecule has 0 unspecified atom stereocenters. The van der Waals surface area contributed by atoms with E-state index in [1.54, 1.807) is 12.3 Å². The van der Waals surface area contributed by atoms with Gasteiger partial charge in [0.1, 0.15) is 6.34 Å². The number of nitrogens with zero attached hydrogens (tertiary/aromatic N) is 5. The molecule has 0 spiro atoms. The van der Waals surface area contributed by atoms with Crippen LogP contribution in [0, 0.1) is 6.92 Å². The number of aryl methyl sites for hydroxylation is 1. The minimum absolute atomic E-state index is 0.469. The van der Waals surface area contributed by atoms with Gasteiger partial charge in [-0.15, -0.1) is 10.2 Å². The van der Waals surface area contributed by atoms with Gasteiger partial charge in [0.25, 0.3) is 0 Å². The van der Waals surface area contributed by atoms with Crippen LogP contribution in [0.25, 0.3) is 0 Å². The van der Waals surface area contributed by atoms with E-state index < -0.39 is 0 Å². The summed E-state index contributed by atoms with van der Waals surface area (Å²) in [5, 5.41) is 21.8. The summed E-state index contributed by atoms with van der Waals surface area (Å²) in [6.45, 7) is 1.85. The number of guanidine groups is 1. The van der Waals surface area contributed by atoms with Crippen LogP contribution in [0.1, 0.15) is 5.69 Å². The van der Waals surface area contributed by atoms with Gasteiger partial charge >= 0.3 is 0 Å². The lowest BCUT2D eigenvalue weighted by molar-refractivity contribution is 0.983. The van der Waals surface area contributed by atoms with Gasteiger partial charge in [0.15, 0.2) is 0 Å². The fraction of sp³-hybridized carbons (Fsp3) is 0.143. The number of nitrogens with one attached hydrogen (secondary N) is 1. The van der Waals surface area contributed by atoms with Crippen LogP contribution in [-0.4, -0.2) is 22.5 Å². The molecule has 1 aromatic heterocycles. The van der Waals surface area contributed by atoms with Crippen LogP contribution in [0.3, 0.4) is 0 Å². The zero-order chi connectivity index (χ0) is 9.10. The molecule has 0 bridgehead atoms. The van der Waals surface area contributed by atoms with E-state index in [1.807, 2.05) is 6.92 Å². The molecule has 6 nitrogen and oxygen atoms in total. The van der Waals surface area contributed by atoms with E-state index >= 15 is 0 Å². The van der Waals surface area contributed by atoms with Crippen LogP contribution < -0.4 is 10.6 Å². The van der Waals surface area contributed by atoms with Crippen molar-refractivity contribution in [3.8, 4) is 0 Å². The second-order valence-corrected chi connectivity index (χ2v) is 2.44. The van der Waals surface area contributed by atoms with Crippen LogP contribution in [0.15, 0.2) is 22.5 Å². The maximum absolute atomic E-state index is 3.87. The first-order chi connectivity index (χ1) is 6.36. The average Bonchev–Trinajstić information content (AvgIpc) is 2.61. The second-order valence-electron chi connectivity index (χ2n) is 2.44. The summed E-state index contributed by atoms with van der Waals surface area (Å²) < 4.78 is 0. The molecule has 6 heteroatoms. The largest absolute Gasteiger partial charge is 0.321 e. The second kappa shape index (κ2) is 3.18. The zero-order valence-corrected chi connectivity index (χ0v) is 6.97. The summed E-state index contributed by atoms with van der Waals surface area (Å²) in [4.78, 5) is 0. The van der Waals surface area contributed by atoms with Crippen molar-refractivity contribution in [1.82, 2.24) is 15.5 Å². The Labute approximate surface area is 74.8 Å². The predicted octanol–water partition coefficient (Wildman–Crippen LogP) is 0.114. The third kappa shape index (κ3) is 1.61. The fourth-order valence-electron chi connectivity index (χ4n) is 0.899. The van der Waals surface area contributed by atoms with E-state index in [0.29, 0.717) is 5.96 Å². The minimum atomic E-state index is 0.469. The van der Waals surface area contributed by atoms with Crippen LogP contribution in [-0.2, 0) is 0 Å². The molecule has 1 aliphatic heterocycles. The SMILES string of the molecule is Cc1nnccc1NC1=NN=C[N]1. The van der Waals surface area contributed by atoms with Crippen LogP contribution in [0.2, 0.25) is 0 Å². The molecule has 65 valence electrons. The lowest BCUT2D eigenvalue weighted by atomic mass is 10.3. The van der Waals surface area contributed by atoms with Gasteiger partial charge in [-0.25, -0.2) is 0 Å². The Morgan fingerprint density at radius 1 is 1.38 bits per heavy atom. The normalized spacial score (nSPS) is 13.8. The van der Waals surface area contributed by atoms with Crippen molar-refractivity contribution in [2.45, 2.75) is 6.92 Å². The molecule has 2 rings (SSSR count). The average molecular weight is 175 g/mol. The zero-order valence-electron chi connectivity index (χ0n) is 6.97. The van der Waals surface area contributed by atoms with Crippen molar-refractivity contribution in [2.24, 2.45) is 10.2 Å². The van der Waals surface area contributed by atoms with Crippen LogP contribution in [0.5, 0.6) is 0 Å². The van der Waals surface area contributed by atoms with Gasteiger partial charge in [-0.2, -0.15) is 15.5 Å². The summed E-state index contributed by atoms with van der Waals surface area (Å²) in [5.41, 5.74) is 1.63. The summed E-state index contributed by atoms with van der Waals surface area (Å²) in [6, 6.07) is 1.80. The molecular formula is C7H7N6. The maximum atomic E-state index is 3.87. The quantitative estimate of drug-likeness (QED) is 0.658. The fourth-order valence-corrected chi connectivity index (χ4v) is 0.899. The van der Waals surface area contributed by atoms with Gasteiger partial charge in [0, 0.05) is 0 Å². The minimum Gasteiger partial charge on any atom is -0.321 e. The van der Waals surface area contributed by atoms with E-state index in [9.17, 15) is 0 Å². The first-order valence-corrected chi connectivity index (χ1v) is 3.72. The molecule has 1 radical (unpaired) electrons. The molecule has 0 fully saturated rings. The third-order valence-electron chi connectivity index (χ3n) is 1.54. The first-order valence-electron chi connectivity index (χ1n) is 3.72. The number of hydrogen-bond donors (Lipinski definition) is 1. The van der Waals surface area contributed by atoms with Crippen LogP contribution >= 0.6 is 0 Å². The van der Waals surface area contributed by atoms with Gasteiger partial charge in [-0.05, 0) is 13.0 Å². The highest BCUT2D eigenvalue weighted by atomic mass is 15.4. The number of anilines is 1. The van der Waals surface area contributed by atoms with E-state index in [0.717, 1.165) is 11.4 Å². The van der Waals surface area contributed by atoms with E-state index in [4.69, 9.17) is 0 Å². The molecule has 0 saturated heterocycles. The summed E-state index contributed by atoms with van der Waals surface area (Å²) in [7, 11) is 0. The molecule has 0 amide bonds. The van der Waals surface area contributed by atoms with Gasteiger partial charge < -0.3 is 5.32 Å². The van der Waals surface area contributed by atoms with Crippen molar-refractivity contribution in [3.63, 3.8) is 0 Å². The Bertz CT molecular complexity index is 369. The van der Waals surface area contributed by atoms with E-state index in [1.165, 1.54) is 6.34 Å². The molecule has 2 heterocycles. The summed E-state index contributed by atoms with van der Waals surface area (Å²) in [6.07, 6.45) is 2.98.